The molecule has 1 N–H and O–H groups in total. The summed E-state index contributed by atoms with van der Waals surface area (Å²) in [5.74, 6) is 0.462. The summed E-state index contributed by atoms with van der Waals surface area (Å²) in [6.45, 7) is 3.98. The van der Waals surface area contributed by atoms with Gasteiger partial charge >= 0.3 is 0 Å². The summed E-state index contributed by atoms with van der Waals surface area (Å²) in [5, 5.41) is 3.07. The van der Waals surface area contributed by atoms with Crippen LogP contribution in [0.2, 0.25) is 0 Å². The topological polar surface area (TPSA) is 52.7 Å². The standard InChI is InChI=1S/C20H29N3O2/c1-22(2)20(25)18-12-17(18)19(24)21-13-16-9-11-23(14-16)10-8-15-6-4-3-5-7-15/h3-7,16-18H,8-14H2,1-2H3,(H,21,24)/t16?,17-,18+/m0/s1. The predicted octanol–water partition coefficient (Wildman–Crippen LogP) is 1.39. The van der Waals surface area contributed by atoms with E-state index in [9.17, 15) is 9.59 Å². The molecule has 25 heavy (non-hydrogen) atoms. The predicted molar refractivity (Wildman–Crippen MR) is 98.0 cm³/mol. The number of nitrogens with one attached hydrogen (secondary N) is 1. The number of hydrogen-bond donors (Lipinski definition) is 1. The largest absolute Gasteiger partial charge is 0.356 e. The molecule has 1 heterocycles. The molecule has 5 heteroatoms. The fourth-order valence-corrected chi connectivity index (χ4v) is 3.68. The van der Waals surface area contributed by atoms with Gasteiger partial charge in [0.1, 0.15) is 0 Å². The zero-order chi connectivity index (χ0) is 17.8. The molecule has 5 nitrogen and oxygen atoms in total. The third kappa shape index (κ3) is 4.82. The number of likely N-dealkylation sites (tertiary alicyclic amines) is 1. The van der Waals surface area contributed by atoms with Gasteiger partial charge in [0, 0.05) is 33.7 Å². The first kappa shape index (κ1) is 17.9. The molecule has 1 aliphatic heterocycles. The van der Waals surface area contributed by atoms with Crippen molar-refractivity contribution in [2.75, 3.05) is 40.3 Å². The normalized spacial score (nSPS) is 25.6. The van der Waals surface area contributed by atoms with E-state index in [0.29, 0.717) is 12.3 Å². The van der Waals surface area contributed by atoms with Crippen LogP contribution in [-0.4, -0.2) is 61.9 Å². The minimum atomic E-state index is -0.106. The second-order valence-electron chi connectivity index (χ2n) is 7.62. The van der Waals surface area contributed by atoms with E-state index in [0.717, 1.165) is 39.0 Å². The number of hydrogen-bond acceptors (Lipinski definition) is 3. The van der Waals surface area contributed by atoms with Crippen molar-refractivity contribution in [2.24, 2.45) is 17.8 Å². The van der Waals surface area contributed by atoms with Crippen molar-refractivity contribution in [3.05, 3.63) is 35.9 Å². The third-order valence-corrected chi connectivity index (χ3v) is 5.38. The smallest absolute Gasteiger partial charge is 0.225 e. The quantitative estimate of drug-likeness (QED) is 0.814. The Bertz CT molecular complexity index is 602. The Balaban J connectivity index is 1.34. The SMILES string of the molecule is CN(C)C(=O)[C@@H]1C[C@@H]1C(=O)NCC1CCN(CCc2ccccc2)C1. The number of nitrogens with zero attached hydrogens (tertiary/aromatic N) is 2. The van der Waals surface area contributed by atoms with E-state index in [2.05, 4.69) is 40.5 Å². The summed E-state index contributed by atoms with van der Waals surface area (Å²) >= 11 is 0. The van der Waals surface area contributed by atoms with Crippen molar-refractivity contribution < 1.29 is 9.59 Å². The Labute approximate surface area is 150 Å². The molecule has 1 unspecified atom stereocenters. The molecule has 0 bridgehead atoms. The summed E-state index contributed by atoms with van der Waals surface area (Å²) in [6, 6.07) is 10.6. The van der Waals surface area contributed by atoms with E-state index in [1.54, 1.807) is 19.0 Å². The highest BCUT2D eigenvalue weighted by Gasteiger charge is 2.48. The van der Waals surface area contributed by atoms with Crippen molar-refractivity contribution in [2.45, 2.75) is 19.3 Å². The zero-order valence-corrected chi connectivity index (χ0v) is 15.3. The van der Waals surface area contributed by atoms with Crippen molar-refractivity contribution in [3.63, 3.8) is 0 Å². The van der Waals surface area contributed by atoms with Crippen LogP contribution in [0.1, 0.15) is 18.4 Å². The molecule has 0 aromatic heterocycles. The number of carbonyl (C=O) groups is 2. The molecule has 2 aliphatic rings. The van der Waals surface area contributed by atoms with Gasteiger partial charge in [-0.1, -0.05) is 30.3 Å². The Hall–Kier alpha value is -1.88. The molecule has 1 saturated heterocycles. The van der Waals surface area contributed by atoms with Crippen LogP contribution >= 0.6 is 0 Å². The monoisotopic (exact) mass is 343 g/mol. The van der Waals surface area contributed by atoms with Crippen molar-refractivity contribution in [1.29, 1.82) is 0 Å². The maximum absolute atomic E-state index is 12.2. The average molecular weight is 343 g/mol. The van der Waals surface area contributed by atoms with E-state index in [-0.39, 0.29) is 23.7 Å². The Morgan fingerprint density at radius 3 is 2.68 bits per heavy atom. The minimum absolute atomic E-state index is 0.0583. The van der Waals surface area contributed by atoms with Crippen LogP contribution in [0.25, 0.3) is 0 Å². The van der Waals surface area contributed by atoms with E-state index >= 15 is 0 Å². The highest BCUT2D eigenvalue weighted by molar-refractivity contribution is 5.92. The second kappa shape index (κ2) is 8.00. The molecular weight excluding hydrogens is 314 g/mol. The lowest BCUT2D eigenvalue weighted by atomic mass is 10.1. The molecular formula is C20H29N3O2. The first-order valence-electron chi connectivity index (χ1n) is 9.29. The molecule has 2 amide bonds. The van der Waals surface area contributed by atoms with Crippen LogP contribution in [0.4, 0.5) is 0 Å². The van der Waals surface area contributed by atoms with Gasteiger partial charge in [-0.05, 0) is 37.3 Å². The number of amides is 2. The molecule has 0 radical (unpaired) electrons. The van der Waals surface area contributed by atoms with Gasteiger partial charge in [0.15, 0.2) is 0 Å². The molecule has 3 atom stereocenters. The van der Waals surface area contributed by atoms with E-state index in [1.807, 2.05) is 0 Å². The minimum Gasteiger partial charge on any atom is -0.356 e. The maximum atomic E-state index is 12.2. The van der Waals surface area contributed by atoms with Gasteiger partial charge in [0.05, 0.1) is 11.8 Å². The lowest BCUT2D eigenvalue weighted by Crippen LogP contribution is -2.34. The van der Waals surface area contributed by atoms with Gasteiger partial charge in [-0.15, -0.1) is 0 Å². The molecule has 1 aliphatic carbocycles. The molecule has 1 saturated carbocycles. The molecule has 136 valence electrons. The third-order valence-electron chi connectivity index (χ3n) is 5.38. The molecule has 3 rings (SSSR count). The molecule has 2 fully saturated rings. The summed E-state index contributed by atoms with van der Waals surface area (Å²) in [6.07, 6.45) is 2.92. The molecule has 1 aromatic rings. The highest BCUT2D eigenvalue weighted by atomic mass is 16.2. The van der Waals surface area contributed by atoms with Crippen molar-refractivity contribution >= 4 is 11.8 Å². The van der Waals surface area contributed by atoms with E-state index < -0.39 is 0 Å². The Kier molecular flexibility index (Phi) is 5.74. The molecule has 0 spiro atoms. The zero-order valence-electron chi connectivity index (χ0n) is 15.3. The summed E-state index contributed by atoms with van der Waals surface area (Å²) in [5.41, 5.74) is 1.38. The van der Waals surface area contributed by atoms with Gasteiger partial charge in [-0.3, -0.25) is 9.59 Å². The van der Waals surface area contributed by atoms with Gasteiger partial charge in [0.2, 0.25) is 11.8 Å². The highest BCUT2D eigenvalue weighted by Crippen LogP contribution is 2.39. The summed E-state index contributed by atoms with van der Waals surface area (Å²) < 4.78 is 0. The van der Waals surface area contributed by atoms with E-state index in [4.69, 9.17) is 0 Å². The Morgan fingerprint density at radius 1 is 1.20 bits per heavy atom. The first-order chi connectivity index (χ1) is 12.0. The lowest BCUT2D eigenvalue weighted by Gasteiger charge is -2.16. The van der Waals surface area contributed by atoms with E-state index in [1.165, 1.54) is 5.56 Å². The first-order valence-corrected chi connectivity index (χ1v) is 9.29. The lowest BCUT2D eigenvalue weighted by molar-refractivity contribution is -0.132. The van der Waals surface area contributed by atoms with Gasteiger partial charge in [-0.25, -0.2) is 0 Å². The number of rotatable bonds is 7. The van der Waals surface area contributed by atoms with Crippen LogP contribution in [0.15, 0.2) is 30.3 Å². The van der Waals surface area contributed by atoms with Crippen LogP contribution in [0.5, 0.6) is 0 Å². The van der Waals surface area contributed by atoms with Gasteiger partial charge in [-0.2, -0.15) is 0 Å². The van der Waals surface area contributed by atoms with Crippen LogP contribution in [0.3, 0.4) is 0 Å². The number of carbonyl (C=O) groups excluding carboxylic acids is 2. The fraction of sp³-hybridized carbons (Fsp3) is 0.600. The van der Waals surface area contributed by atoms with Gasteiger partial charge < -0.3 is 15.1 Å². The second-order valence-corrected chi connectivity index (χ2v) is 7.62. The Morgan fingerprint density at radius 2 is 1.96 bits per heavy atom. The summed E-state index contributed by atoms with van der Waals surface area (Å²) in [7, 11) is 3.50. The van der Waals surface area contributed by atoms with Crippen molar-refractivity contribution in [3.8, 4) is 0 Å². The number of benzene rings is 1. The van der Waals surface area contributed by atoms with Gasteiger partial charge in [0.25, 0.3) is 0 Å². The summed E-state index contributed by atoms with van der Waals surface area (Å²) in [4.78, 5) is 28.1. The maximum Gasteiger partial charge on any atom is 0.225 e. The van der Waals surface area contributed by atoms with Crippen LogP contribution in [-0.2, 0) is 16.0 Å². The van der Waals surface area contributed by atoms with Crippen LogP contribution in [0, 0.1) is 17.8 Å². The van der Waals surface area contributed by atoms with Crippen molar-refractivity contribution in [1.82, 2.24) is 15.1 Å². The molecule has 1 aromatic carbocycles. The van der Waals surface area contributed by atoms with Crippen LogP contribution < -0.4 is 5.32 Å². The fourth-order valence-electron chi connectivity index (χ4n) is 3.68. The average Bonchev–Trinajstić information content (AvgIpc) is 3.29.